The van der Waals surface area contributed by atoms with Crippen molar-refractivity contribution in [1.82, 2.24) is 30.1 Å². The maximum absolute atomic E-state index is 12.9. The average molecular weight is 441 g/mol. The van der Waals surface area contributed by atoms with E-state index in [9.17, 15) is 9.90 Å². The highest BCUT2D eigenvalue weighted by Crippen LogP contribution is 2.29. The lowest BCUT2D eigenvalue weighted by Crippen LogP contribution is -2.37. The van der Waals surface area contributed by atoms with Gasteiger partial charge in [0, 0.05) is 30.8 Å². The van der Waals surface area contributed by atoms with Crippen LogP contribution in [0.4, 0.5) is 0 Å². The van der Waals surface area contributed by atoms with Crippen LogP contribution in [0.5, 0.6) is 0 Å². The van der Waals surface area contributed by atoms with Gasteiger partial charge in [-0.25, -0.2) is 4.68 Å². The molecule has 2 heterocycles. The van der Waals surface area contributed by atoms with Crippen LogP contribution in [0.15, 0.2) is 23.0 Å². The van der Waals surface area contributed by atoms with E-state index in [1.807, 2.05) is 23.7 Å². The van der Waals surface area contributed by atoms with Crippen molar-refractivity contribution in [2.24, 2.45) is 0 Å². The van der Waals surface area contributed by atoms with Crippen LogP contribution in [0, 0.1) is 13.8 Å². The quantitative estimate of drug-likeness (QED) is 0.500. The fourth-order valence-corrected chi connectivity index (χ4v) is 4.06. The summed E-state index contributed by atoms with van der Waals surface area (Å²) in [7, 11) is 0. The number of tetrazole rings is 1. The van der Waals surface area contributed by atoms with Crippen LogP contribution in [0.25, 0.3) is 10.9 Å². The number of hydrogen-bond acceptors (Lipinski definition) is 6. The molecule has 2 aromatic heterocycles. The van der Waals surface area contributed by atoms with E-state index in [1.54, 1.807) is 0 Å². The van der Waals surface area contributed by atoms with Gasteiger partial charge in [-0.15, -0.1) is 5.10 Å². The number of aryl methyl sites for hydroxylation is 2. The van der Waals surface area contributed by atoms with Gasteiger partial charge < -0.3 is 10.1 Å². The molecule has 0 saturated heterocycles. The van der Waals surface area contributed by atoms with E-state index in [1.165, 1.54) is 5.56 Å². The Morgan fingerprint density at radius 2 is 1.91 bits per heavy atom. The number of fused-ring (bicyclic) bond motifs is 1. The predicted molar refractivity (Wildman–Crippen MR) is 127 cm³/mol. The van der Waals surface area contributed by atoms with Crippen molar-refractivity contribution >= 4 is 10.9 Å². The average Bonchev–Trinajstić information content (AvgIpc) is 3.25. The first-order valence-corrected chi connectivity index (χ1v) is 11.5. The number of pyridine rings is 1. The second kappa shape index (κ2) is 9.92. The molecule has 0 aliphatic rings. The first-order chi connectivity index (χ1) is 15.2. The molecule has 0 unspecified atom stereocenters. The van der Waals surface area contributed by atoms with Gasteiger partial charge in [0.05, 0.1) is 11.6 Å². The number of hydrogen-bond donors (Lipinski definition) is 2. The molecule has 0 aliphatic carbocycles. The number of H-pyrrole nitrogens is 1. The van der Waals surface area contributed by atoms with Crippen LogP contribution in [0.1, 0.15) is 75.5 Å². The first kappa shape index (κ1) is 24.1. The van der Waals surface area contributed by atoms with E-state index >= 15 is 0 Å². The number of aliphatic hydroxyl groups is 1. The van der Waals surface area contributed by atoms with Crippen molar-refractivity contribution in [3.63, 3.8) is 0 Å². The Balaban J connectivity index is 2.02. The van der Waals surface area contributed by atoms with Gasteiger partial charge in [-0.3, -0.25) is 9.69 Å². The molecule has 0 radical (unpaired) electrons. The molecule has 3 rings (SSSR count). The molecule has 0 bridgehead atoms. The number of aromatic amines is 1. The molecule has 0 spiro atoms. The molecule has 1 atom stereocenters. The maximum atomic E-state index is 12.9. The van der Waals surface area contributed by atoms with Crippen LogP contribution in [0.2, 0.25) is 0 Å². The first-order valence-electron chi connectivity index (χ1n) is 11.5. The zero-order valence-electron chi connectivity index (χ0n) is 20.1. The standard InChI is InChI=1S/C24H36N6O2/c1-7-21(22-26-27-28-30(22)24(5,6)8-2)29(10-9-11-31)15-19-14-18-12-16(3)17(4)13-20(18)25-23(19)32/h12-14,21,31H,7-11,15H2,1-6H3,(H,25,32)/t21-/m1/s1. The fraction of sp³-hybridized carbons (Fsp3) is 0.583. The number of aromatic nitrogens is 5. The van der Waals surface area contributed by atoms with Crippen LogP contribution in [-0.4, -0.2) is 48.3 Å². The molecule has 1 aromatic carbocycles. The minimum absolute atomic E-state index is 0.0720. The van der Waals surface area contributed by atoms with Crippen LogP contribution in [-0.2, 0) is 12.1 Å². The second-order valence-corrected chi connectivity index (χ2v) is 9.23. The summed E-state index contributed by atoms with van der Waals surface area (Å²) in [6.07, 6.45) is 2.29. The number of nitrogens with zero attached hydrogens (tertiary/aromatic N) is 5. The van der Waals surface area contributed by atoms with Crippen molar-refractivity contribution in [3.05, 3.63) is 51.1 Å². The summed E-state index contributed by atoms with van der Waals surface area (Å²) in [6.45, 7) is 13.8. The smallest absolute Gasteiger partial charge is 0.252 e. The zero-order valence-corrected chi connectivity index (χ0v) is 20.1. The summed E-state index contributed by atoms with van der Waals surface area (Å²) in [5.74, 6) is 0.793. The minimum Gasteiger partial charge on any atom is -0.396 e. The van der Waals surface area contributed by atoms with Gasteiger partial charge in [0.2, 0.25) is 0 Å². The summed E-state index contributed by atoms with van der Waals surface area (Å²) < 4.78 is 1.91. The third kappa shape index (κ3) is 4.91. The Labute approximate surface area is 189 Å². The molecule has 0 amide bonds. The molecular weight excluding hydrogens is 404 g/mol. The van der Waals surface area contributed by atoms with Gasteiger partial charge in [-0.1, -0.05) is 13.8 Å². The highest BCUT2D eigenvalue weighted by atomic mass is 16.3. The summed E-state index contributed by atoms with van der Waals surface area (Å²) in [4.78, 5) is 18.2. The SMILES string of the molecule is CC[C@H](c1nnnn1C(C)(C)CC)N(CCCO)Cc1cc2cc(C)c(C)cc2[nH]c1=O. The zero-order chi connectivity index (χ0) is 23.5. The molecule has 0 fully saturated rings. The summed E-state index contributed by atoms with van der Waals surface area (Å²) in [5.41, 5.74) is 3.60. The Morgan fingerprint density at radius 1 is 1.19 bits per heavy atom. The van der Waals surface area contributed by atoms with Crippen molar-refractivity contribution in [2.75, 3.05) is 13.2 Å². The van der Waals surface area contributed by atoms with Crippen molar-refractivity contribution in [2.45, 2.75) is 78.9 Å². The highest BCUT2D eigenvalue weighted by Gasteiger charge is 2.30. The normalized spacial score (nSPS) is 13.2. The molecule has 0 saturated carbocycles. The van der Waals surface area contributed by atoms with E-state index in [-0.39, 0.29) is 23.7 Å². The Bertz CT molecular complexity index is 1120. The van der Waals surface area contributed by atoms with Gasteiger partial charge in [0.15, 0.2) is 5.82 Å². The lowest BCUT2D eigenvalue weighted by atomic mass is 10.0. The molecule has 8 heteroatoms. The largest absolute Gasteiger partial charge is 0.396 e. The molecule has 0 aliphatic heterocycles. The Kier molecular flexibility index (Phi) is 7.46. The third-order valence-electron chi connectivity index (χ3n) is 6.57. The fourth-order valence-electron chi connectivity index (χ4n) is 4.06. The number of rotatable bonds is 10. The van der Waals surface area contributed by atoms with E-state index < -0.39 is 0 Å². The van der Waals surface area contributed by atoms with Gasteiger partial charge in [-0.05, 0) is 92.1 Å². The minimum atomic E-state index is -0.218. The van der Waals surface area contributed by atoms with E-state index in [0.717, 1.165) is 35.1 Å². The number of aliphatic hydroxyl groups excluding tert-OH is 1. The molecular formula is C24H36N6O2. The number of nitrogens with one attached hydrogen (secondary N) is 1. The Hall–Kier alpha value is -2.58. The van der Waals surface area contributed by atoms with Gasteiger partial charge in [-0.2, -0.15) is 0 Å². The van der Waals surface area contributed by atoms with Crippen molar-refractivity contribution < 1.29 is 5.11 Å². The molecule has 174 valence electrons. The van der Waals surface area contributed by atoms with Gasteiger partial charge in [0.1, 0.15) is 0 Å². The van der Waals surface area contributed by atoms with Gasteiger partial charge >= 0.3 is 0 Å². The van der Waals surface area contributed by atoms with Gasteiger partial charge in [0.25, 0.3) is 5.56 Å². The summed E-state index contributed by atoms with van der Waals surface area (Å²) in [5, 5.41) is 23.2. The van der Waals surface area contributed by atoms with Crippen LogP contribution >= 0.6 is 0 Å². The third-order valence-corrected chi connectivity index (χ3v) is 6.57. The lowest BCUT2D eigenvalue weighted by molar-refractivity contribution is 0.144. The summed E-state index contributed by atoms with van der Waals surface area (Å²) >= 11 is 0. The predicted octanol–water partition coefficient (Wildman–Crippen LogP) is 3.61. The highest BCUT2D eigenvalue weighted by molar-refractivity contribution is 5.80. The van der Waals surface area contributed by atoms with Crippen molar-refractivity contribution in [1.29, 1.82) is 0 Å². The lowest BCUT2D eigenvalue weighted by Gasteiger charge is -2.33. The Morgan fingerprint density at radius 3 is 2.56 bits per heavy atom. The van der Waals surface area contributed by atoms with E-state index in [4.69, 9.17) is 0 Å². The molecule has 32 heavy (non-hydrogen) atoms. The van der Waals surface area contributed by atoms with Crippen LogP contribution in [0.3, 0.4) is 0 Å². The summed E-state index contributed by atoms with van der Waals surface area (Å²) in [6, 6.07) is 6.05. The molecule has 3 aromatic rings. The topological polar surface area (TPSA) is 99.9 Å². The maximum Gasteiger partial charge on any atom is 0.252 e. The van der Waals surface area contributed by atoms with E-state index in [2.05, 4.69) is 66.1 Å². The van der Waals surface area contributed by atoms with Crippen LogP contribution < -0.4 is 5.56 Å². The van der Waals surface area contributed by atoms with Crippen molar-refractivity contribution in [3.8, 4) is 0 Å². The number of benzene rings is 1. The monoisotopic (exact) mass is 440 g/mol. The second-order valence-electron chi connectivity index (χ2n) is 9.23. The molecule has 2 N–H and O–H groups in total. The molecule has 8 nitrogen and oxygen atoms in total. The van der Waals surface area contributed by atoms with E-state index in [0.29, 0.717) is 25.1 Å².